The van der Waals surface area contributed by atoms with Crippen LogP contribution in [-0.2, 0) is 11.2 Å². The van der Waals surface area contributed by atoms with Gasteiger partial charge in [-0.05, 0) is 62.4 Å². The standard InChI is InChI=1S/C20H31FN2O/c1-3-16(2)23-9-4-5-20(23)19-15-18(21)7-6-17(19)8-10-22-11-13-24-14-12-22/h6-7,15-16,20H,3-5,8-14H2,1-2H3. The number of rotatable bonds is 6. The zero-order chi connectivity index (χ0) is 16.9. The maximum Gasteiger partial charge on any atom is 0.123 e. The van der Waals surface area contributed by atoms with Crippen molar-refractivity contribution in [3.63, 3.8) is 0 Å². The SMILES string of the molecule is CCC(C)N1CCCC1c1cc(F)ccc1CCN1CCOCC1. The van der Waals surface area contributed by atoms with E-state index in [-0.39, 0.29) is 5.82 Å². The molecule has 1 aromatic rings. The molecule has 0 radical (unpaired) electrons. The van der Waals surface area contributed by atoms with Gasteiger partial charge in [0.25, 0.3) is 0 Å². The van der Waals surface area contributed by atoms with Crippen LogP contribution in [0, 0.1) is 5.82 Å². The molecule has 3 rings (SSSR count). The molecule has 0 amide bonds. The summed E-state index contributed by atoms with van der Waals surface area (Å²) in [6.07, 6.45) is 4.52. The van der Waals surface area contributed by atoms with Crippen molar-refractivity contribution in [2.45, 2.75) is 51.6 Å². The third-order valence-corrected chi connectivity index (χ3v) is 5.72. The second-order valence-electron chi connectivity index (χ2n) is 7.20. The third kappa shape index (κ3) is 4.16. The molecule has 2 aliphatic heterocycles. The number of nitrogens with zero attached hydrogens (tertiary/aromatic N) is 2. The molecule has 2 saturated heterocycles. The molecule has 0 aromatic heterocycles. The summed E-state index contributed by atoms with van der Waals surface area (Å²) in [5.74, 6) is -0.101. The van der Waals surface area contributed by atoms with Crippen LogP contribution in [0.1, 0.15) is 50.3 Å². The van der Waals surface area contributed by atoms with E-state index in [1.807, 2.05) is 6.07 Å². The van der Waals surface area contributed by atoms with Gasteiger partial charge in [-0.2, -0.15) is 0 Å². The van der Waals surface area contributed by atoms with Gasteiger partial charge in [-0.3, -0.25) is 9.80 Å². The van der Waals surface area contributed by atoms with E-state index in [4.69, 9.17) is 4.74 Å². The van der Waals surface area contributed by atoms with Crippen LogP contribution in [-0.4, -0.2) is 55.2 Å². The molecule has 24 heavy (non-hydrogen) atoms. The average Bonchev–Trinajstić information content (AvgIpc) is 3.10. The van der Waals surface area contributed by atoms with Crippen molar-refractivity contribution in [3.8, 4) is 0 Å². The zero-order valence-corrected chi connectivity index (χ0v) is 15.1. The Morgan fingerprint density at radius 3 is 2.79 bits per heavy atom. The van der Waals surface area contributed by atoms with Crippen molar-refractivity contribution < 1.29 is 9.13 Å². The van der Waals surface area contributed by atoms with Crippen LogP contribution in [0.3, 0.4) is 0 Å². The van der Waals surface area contributed by atoms with Gasteiger partial charge in [0.1, 0.15) is 5.82 Å². The van der Waals surface area contributed by atoms with Gasteiger partial charge in [-0.25, -0.2) is 4.39 Å². The molecule has 3 nitrogen and oxygen atoms in total. The number of benzene rings is 1. The summed E-state index contributed by atoms with van der Waals surface area (Å²) in [5.41, 5.74) is 2.55. The van der Waals surface area contributed by atoms with E-state index >= 15 is 0 Å². The summed E-state index contributed by atoms with van der Waals surface area (Å²) in [4.78, 5) is 5.03. The van der Waals surface area contributed by atoms with Gasteiger partial charge in [-0.1, -0.05) is 13.0 Å². The Morgan fingerprint density at radius 1 is 1.25 bits per heavy atom. The van der Waals surface area contributed by atoms with E-state index in [1.54, 1.807) is 12.1 Å². The van der Waals surface area contributed by atoms with Gasteiger partial charge >= 0.3 is 0 Å². The Morgan fingerprint density at radius 2 is 2.04 bits per heavy atom. The van der Waals surface area contributed by atoms with E-state index in [0.717, 1.165) is 58.7 Å². The fraction of sp³-hybridized carbons (Fsp3) is 0.700. The van der Waals surface area contributed by atoms with Crippen LogP contribution in [0.4, 0.5) is 4.39 Å². The lowest BCUT2D eigenvalue weighted by atomic mass is 9.95. The topological polar surface area (TPSA) is 15.7 Å². The summed E-state index contributed by atoms with van der Waals surface area (Å²) in [6, 6.07) is 6.38. The highest BCUT2D eigenvalue weighted by atomic mass is 19.1. The summed E-state index contributed by atoms with van der Waals surface area (Å²) < 4.78 is 19.4. The summed E-state index contributed by atoms with van der Waals surface area (Å²) in [7, 11) is 0. The van der Waals surface area contributed by atoms with Gasteiger partial charge in [0.15, 0.2) is 0 Å². The van der Waals surface area contributed by atoms with Crippen molar-refractivity contribution >= 4 is 0 Å². The Bertz CT molecular complexity index is 530. The predicted octanol–water partition coefficient (Wildman–Crippen LogP) is 3.64. The Balaban J connectivity index is 1.75. The molecule has 134 valence electrons. The lowest BCUT2D eigenvalue weighted by molar-refractivity contribution is 0.0384. The normalized spacial score (nSPS) is 24.4. The molecule has 2 fully saturated rings. The highest BCUT2D eigenvalue weighted by Gasteiger charge is 2.30. The molecule has 0 aliphatic carbocycles. The number of ether oxygens (including phenoxy) is 1. The van der Waals surface area contributed by atoms with Gasteiger partial charge in [0.05, 0.1) is 13.2 Å². The first-order valence-corrected chi connectivity index (χ1v) is 9.53. The Labute approximate surface area is 145 Å². The van der Waals surface area contributed by atoms with Gasteiger partial charge < -0.3 is 4.74 Å². The number of halogens is 1. The molecule has 4 heteroatoms. The molecular weight excluding hydrogens is 303 g/mol. The molecule has 2 unspecified atom stereocenters. The highest BCUT2D eigenvalue weighted by Crippen LogP contribution is 2.36. The van der Waals surface area contributed by atoms with Crippen LogP contribution < -0.4 is 0 Å². The van der Waals surface area contributed by atoms with Crippen molar-refractivity contribution in [1.82, 2.24) is 9.80 Å². The van der Waals surface area contributed by atoms with Gasteiger partial charge in [0, 0.05) is 31.7 Å². The number of hydrogen-bond acceptors (Lipinski definition) is 3. The summed E-state index contributed by atoms with van der Waals surface area (Å²) in [5, 5.41) is 0. The van der Waals surface area contributed by atoms with Crippen LogP contribution in [0.5, 0.6) is 0 Å². The largest absolute Gasteiger partial charge is 0.379 e. The Hall–Kier alpha value is -0.970. The first-order valence-electron chi connectivity index (χ1n) is 9.53. The van der Waals surface area contributed by atoms with Crippen molar-refractivity contribution in [2.24, 2.45) is 0 Å². The smallest absolute Gasteiger partial charge is 0.123 e. The van der Waals surface area contributed by atoms with Crippen molar-refractivity contribution in [1.29, 1.82) is 0 Å². The van der Waals surface area contributed by atoms with Crippen LogP contribution >= 0.6 is 0 Å². The van der Waals surface area contributed by atoms with E-state index in [9.17, 15) is 4.39 Å². The van der Waals surface area contributed by atoms with Crippen LogP contribution in [0.15, 0.2) is 18.2 Å². The second kappa shape index (κ2) is 8.41. The summed E-state index contributed by atoms with van der Waals surface area (Å²) in [6.45, 7) is 10.4. The van der Waals surface area contributed by atoms with E-state index in [1.165, 1.54) is 17.5 Å². The molecule has 2 atom stereocenters. The van der Waals surface area contributed by atoms with Crippen LogP contribution in [0.25, 0.3) is 0 Å². The number of hydrogen-bond donors (Lipinski definition) is 0. The first kappa shape index (κ1) is 17.8. The lowest BCUT2D eigenvalue weighted by Gasteiger charge is -2.32. The molecule has 0 bridgehead atoms. The zero-order valence-electron chi connectivity index (χ0n) is 15.1. The molecule has 1 aromatic carbocycles. The van der Waals surface area contributed by atoms with Gasteiger partial charge in [0.2, 0.25) is 0 Å². The van der Waals surface area contributed by atoms with Crippen molar-refractivity contribution in [3.05, 3.63) is 35.1 Å². The molecule has 0 N–H and O–H groups in total. The monoisotopic (exact) mass is 334 g/mol. The Kier molecular flexibility index (Phi) is 6.25. The molecule has 2 heterocycles. The van der Waals surface area contributed by atoms with Gasteiger partial charge in [-0.15, -0.1) is 0 Å². The molecule has 0 spiro atoms. The number of likely N-dealkylation sites (tertiary alicyclic amines) is 1. The summed E-state index contributed by atoms with van der Waals surface area (Å²) >= 11 is 0. The van der Waals surface area contributed by atoms with E-state index < -0.39 is 0 Å². The minimum atomic E-state index is -0.101. The number of morpholine rings is 1. The molecule has 0 saturated carbocycles. The predicted molar refractivity (Wildman–Crippen MR) is 95.8 cm³/mol. The van der Waals surface area contributed by atoms with E-state index in [2.05, 4.69) is 23.6 Å². The van der Waals surface area contributed by atoms with E-state index in [0.29, 0.717) is 12.1 Å². The van der Waals surface area contributed by atoms with Crippen molar-refractivity contribution in [2.75, 3.05) is 39.4 Å². The van der Waals surface area contributed by atoms with Crippen LogP contribution in [0.2, 0.25) is 0 Å². The fourth-order valence-corrected chi connectivity index (χ4v) is 4.09. The highest BCUT2D eigenvalue weighted by molar-refractivity contribution is 5.32. The second-order valence-corrected chi connectivity index (χ2v) is 7.20. The maximum absolute atomic E-state index is 14.0. The fourth-order valence-electron chi connectivity index (χ4n) is 4.09. The minimum Gasteiger partial charge on any atom is -0.379 e. The average molecular weight is 334 g/mol. The molecular formula is C20H31FN2O. The first-order chi connectivity index (χ1) is 11.7. The minimum absolute atomic E-state index is 0.101. The lowest BCUT2D eigenvalue weighted by Crippen LogP contribution is -2.37. The third-order valence-electron chi connectivity index (χ3n) is 5.72. The quantitative estimate of drug-likeness (QED) is 0.790. The maximum atomic E-state index is 14.0. The molecule has 2 aliphatic rings.